The first-order valence-corrected chi connectivity index (χ1v) is 7.71. The largest absolute Gasteiger partial charge is 0.323 e. The Hall–Kier alpha value is -1.39. The van der Waals surface area contributed by atoms with Crippen LogP contribution in [-0.2, 0) is 0 Å². The average molecular weight is 287 g/mol. The summed E-state index contributed by atoms with van der Waals surface area (Å²) < 4.78 is 0. The zero-order valence-electron chi connectivity index (χ0n) is 12.2. The zero-order valence-corrected chi connectivity index (χ0v) is 13.0. The van der Waals surface area contributed by atoms with Crippen LogP contribution >= 0.6 is 11.8 Å². The Balaban J connectivity index is 2.17. The molecular weight excluding hydrogens is 266 g/mol. The maximum absolute atomic E-state index is 6.44. The van der Waals surface area contributed by atoms with Gasteiger partial charge in [0.1, 0.15) is 0 Å². The van der Waals surface area contributed by atoms with E-state index in [1.54, 1.807) is 11.8 Å². The van der Waals surface area contributed by atoms with Crippen molar-refractivity contribution in [2.75, 3.05) is 0 Å². The lowest BCUT2D eigenvalue weighted by molar-refractivity contribution is 0.526. The summed E-state index contributed by atoms with van der Waals surface area (Å²) in [5.74, 6) is 0.445. The van der Waals surface area contributed by atoms with Gasteiger partial charge in [0.25, 0.3) is 0 Å². The first kappa shape index (κ1) is 15.0. The SMILES string of the molecule is Cc1cnc(SC(C(C)C)C(N)c2ccccc2)nc1. The van der Waals surface area contributed by atoms with Crippen LogP contribution in [0.5, 0.6) is 0 Å². The van der Waals surface area contributed by atoms with Gasteiger partial charge in [-0.25, -0.2) is 9.97 Å². The highest BCUT2D eigenvalue weighted by molar-refractivity contribution is 7.99. The van der Waals surface area contributed by atoms with Gasteiger partial charge in [-0.05, 0) is 24.0 Å². The number of aromatic nitrogens is 2. The van der Waals surface area contributed by atoms with E-state index in [9.17, 15) is 0 Å². The molecule has 0 spiro atoms. The molecule has 0 amide bonds. The summed E-state index contributed by atoms with van der Waals surface area (Å²) in [6.45, 7) is 6.37. The first-order valence-electron chi connectivity index (χ1n) is 6.83. The highest BCUT2D eigenvalue weighted by Gasteiger charge is 2.24. The smallest absolute Gasteiger partial charge is 0.187 e. The van der Waals surface area contributed by atoms with Crippen LogP contribution in [0.1, 0.15) is 31.0 Å². The molecule has 3 nitrogen and oxygen atoms in total. The molecule has 0 saturated heterocycles. The maximum Gasteiger partial charge on any atom is 0.187 e. The summed E-state index contributed by atoms with van der Waals surface area (Å²) in [5.41, 5.74) is 8.67. The van der Waals surface area contributed by atoms with Crippen LogP contribution in [-0.4, -0.2) is 15.2 Å². The highest BCUT2D eigenvalue weighted by Crippen LogP contribution is 2.33. The fourth-order valence-electron chi connectivity index (χ4n) is 2.05. The molecule has 2 rings (SSSR count). The van der Waals surface area contributed by atoms with E-state index >= 15 is 0 Å². The summed E-state index contributed by atoms with van der Waals surface area (Å²) in [7, 11) is 0. The second-order valence-corrected chi connectivity index (χ2v) is 6.45. The van der Waals surface area contributed by atoms with E-state index in [2.05, 4.69) is 35.9 Å². The Labute approximate surface area is 125 Å². The normalized spacial score (nSPS) is 14.2. The molecule has 1 aromatic carbocycles. The first-order chi connectivity index (χ1) is 9.58. The molecule has 106 valence electrons. The molecule has 2 aromatic rings. The van der Waals surface area contributed by atoms with E-state index in [0.29, 0.717) is 5.92 Å². The quantitative estimate of drug-likeness (QED) is 0.674. The second-order valence-electron chi connectivity index (χ2n) is 5.31. The van der Waals surface area contributed by atoms with Gasteiger partial charge >= 0.3 is 0 Å². The number of aryl methyl sites for hydroxylation is 1. The van der Waals surface area contributed by atoms with E-state index in [4.69, 9.17) is 5.73 Å². The molecule has 4 heteroatoms. The summed E-state index contributed by atoms with van der Waals surface area (Å²) in [6.07, 6.45) is 3.70. The lowest BCUT2D eigenvalue weighted by atomic mass is 9.97. The van der Waals surface area contributed by atoms with E-state index in [-0.39, 0.29) is 11.3 Å². The Morgan fingerprint density at radius 3 is 2.20 bits per heavy atom. The van der Waals surface area contributed by atoms with Gasteiger partial charge in [-0.2, -0.15) is 0 Å². The fraction of sp³-hybridized carbons (Fsp3) is 0.375. The van der Waals surface area contributed by atoms with Gasteiger partial charge in [-0.15, -0.1) is 0 Å². The van der Waals surface area contributed by atoms with Crippen molar-refractivity contribution in [2.45, 2.75) is 37.2 Å². The van der Waals surface area contributed by atoms with Gasteiger partial charge in [-0.3, -0.25) is 0 Å². The van der Waals surface area contributed by atoms with E-state index in [1.807, 2.05) is 37.5 Å². The predicted octanol–water partition coefficient (Wildman–Crippen LogP) is 3.60. The minimum absolute atomic E-state index is 0.0221. The van der Waals surface area contributed by atoms with Crippen LogP contribution in [0.25, 0.3) is 0 Å². The molecule has 0 bridgehead atoms. The molecule has 1 heterocycles. The van der Waals surface area contributed by atoms with Crippen molar-refractivity contribution in [1.29, 1.82) is 0 Å². The summed E-state index contributed by atoms with van der Waals surface area (Å²) in [4.78, 5) is 8.75. The molecule has 0 radical (unpaired) electrons. The monoisotopic (exact) mass is 287 g/mol. The number of rotatable bonds is 5. The van der Waals surface area contributed by atoms with Crippen molar-refractivity contribution >= 4 is 11.8 Å². The van der Waals surface area contributed by atoms with Crippen molar-refractivity contribution in [3.05, 3.63) is 53.9 Å². The van der Waals surface area contributed by atoms with Crippen LogP contribution in [0.2, 0.25) is 0 Å². The van der Waals surface area contributed by atoms with Crippen LogP contribution in [0, 0.1) is 12.8 Å². The number of nitrogens with zero attached hydrogens (tertiary/aromatic N) is 2. The van der Waals surface area contributed by atoms with Crippen molar-refractivity contribution in [3.63, 3.8) is 0 Å². The zero-order chi connectivity index (χ0) is 14.5. The molecule has 2 unspecified atom stereocenters. The molecule has 2 atom stereocenters. The molecule has 20 heavy (non-hydrogen) atoms. The van der Waals surface area contributed by atoms with Gasteiger partial charge < -0.3 is 5.73 Å². The van der Waals surface area contributed by atoms with Crippen molar-refractivity contribution in [2.24, 2.45) is 11.7 Å². The molecular formula is C16H21N3S. The predicted molar refractivity (Wildman–Crippen MR) is 84.6 cm³/mol. The lowest BCUT2D eigenvalue weighted by Crippen LogP contribution is -2.28. The third-order valence-electron chi connectivity index (χ3n) is 3.19. The number of benzene rings is 1. The maximum atomic E-state index is 6.44. The number of nitrogens with two attached hydrogens (primary N) is 1. The third-order valence-corrected chi connectivity index (χ3v) is 4.73. The summed E-state index contributed by atoms with van der Waals surface area (Å²) in [5, 5.41) is 1.04. The molecule has 1 aromatic heterocycles. The van der Waals surface area contributed by atoms with Gasteiger partial charge in [0, 0.05) is 23.7 Å². The van der Waals surface area contributed by atoms with Crippen LogP contribution in [0.3, 0.4) is 0 Å². The Bertz CT molecular complexity index is 525. The Kier molecular flexibility index (Phi) is 5.15. The van der Waals surface area contributed by atoms with E-state index in [1.165, 1.54) is 0 Å². The van der Waals surface area contributed by atoms with Crippen molar-refractivity contribution in [1.82, 2.24) is 9.97 Å². The highest BCUT2D eigenvalue weighted by atomic mass is 32.2. The summed E-state index contributed by atoms with van der Waals surface area (Å²) >= 11 is 1.66. The molecule has 0 aliphatic carbocycles. The van der Waals surface area contributed by atoms with E-state index < -0.39 is 0 Å². The van der Waals surface area contributed by atoms with Crippen molar-refractivity contribution in [3.8, 4) is 0 Å². The third kappa shape index (κ3) is 3.81. The topological polar surface area (TPSA) is 51.8 Å². The van der Waals surface area contributed by atoms with Gasteiger partial charge in [0.05, 0.1) is 0 Å². The second kappa shape index (κ2) is 6.86. The summed E-state index contributed by atoms with van der Waals surface area (Å²) in [6, 6.07) is 10.2. The van der Waals surface area contributed by atoms with Crippen LogP contribution in [0.15, 0.2) is 47.9 Å². The number of hydrogen-bond acceptors (Lipinski definition) is 4. The average Bonchev–Trinajstić information content (AvgIpc) is 2.46. The van der Waals surface area contributed by atoms with Crippen molar-refractivity contribution < 1.29 is 0 Å². The minimum atomic E-state index is -0.0221. The number of thioether (sulfide) groups is 1. The fourth-order valence-corrected chi connectivity index (χ4v) is 3.10. The standard InChI is InChI=1S/C16H21N3S/c1-11(2)15(14(17)13-7-5-4-6-8-13)20-16-18-9-12(3)10-19-16/h4-11,14-15H,17H2,1-3H3. The van der Waals surface area contributed by atoms with Gasteiger partial charge in [0.15, 0.2) is 5.16 Å². The Morgan fingerprint density at radius 1 is 1.05 bits per heavy atom. The van der Waals surface area contributed by atoms with Crippen LogP contribution in [0.4, 0.5) is 0 Å². The molecule has 0 aliphatic rings. The Morgan fingerprint density at radius 2 is 1.65 bits per heavy atom. The molecule has 2 N–H and O–H groups in total. The minimum Gasteiger partial charge on any atom is -0.323 e. The molecule has 0 aliphatic heterocycles. The van der Waals surface area contributed by atoms with Crippen LogP contribution < -0.4 is 5.73 Å². The molecule has 0 fully saturated rings. The van der Waals surface area contributed by atoms with Gasteiger partial charge in [-0.1, -0.05) is 55.9 Å². The number of hydrogen-bond donors (Lipinski definition) is 1. The van der Waals surface area contributed by atoms with E-state index in [0.717, 1.165) is 16.3 Å². The molecule has 0 saturated carbocycles. The lowest BCUT2D eigenvalue weighted by Gasteiger charge is -2.26. The van der Waals surface area contributed by atoms with Gasteiger partial charge in [0.2, 0.25) is 0 Å².